The second-order valence-corrected chi connectivity index (χ2v) is 4.97. The molecule has 0 radical (unpaired) electrons. The molecule has 0 aliphatic carbocycles. The topological polar surface area (TPSA) is 62.1 Å². The van der Waals surface area contributed by atoms with E-state index >= 15 is 0 Å². The zero-order valence-corrected chi connectivity index (χ0v) is 11.6. The molecule has 0 spiro atoms. The Labute approximate surface area is 123 Å². The van der Waals surface area contributed by atoms with E-state index in [0.29, 0.717) is 5.75 Å². The molecule has 1 amide bonds. The van der Waals surface area contributed by atoms with Crippen LogP contribution in [0.5, 0.6) is 5.75 Å². The molecular weight excluding hydrogens is 264 g/mol. The quantitative estimate of drug-likeness (QED) is 0.939. The minimum absolute atomic E-state index is 0.0863. The molecular formula is C17H14N2O2. The Morgan fingerprint density at radius 2 is 2.00 bits per heavy atom. The summed E-state index contributed by atoms with van der Waals surface area (Å²) in [6, 6.07) is 17.0. The first kappa shape index (κ1) is 13.2. The molecule has 21 heavy (non-hydrogen) atoms. The van der Waals surface area contributed by atoms with E-state index in [4.69, 9.17) is 4.74 Å². The number of nitrogens with one attached hydrogen (secondary N) is 1. The number of carbonyl (C=O) groups excluding carboxylic acids is 1. The molecule has 1 aliphatic rings. The van der Waals surface area contributed by atoms with Crippen molar-refractivity contribution in [1.82, 2.24) is 0 Å². The highest BCUT2D eigenvalue weighted by molar-refractivity contribution is 6.09. The molecule has 4 nitrogen and oxygen atoms in total. The number of nitriles is 1. The maximum Gasteiger partial charge on any atom is 0.240 e. The predicted octanol–water partition coefficient (Wildman–Crippen LogP) is 2.85. The van der Waals surface area contributed by atoms with Crippen LogP contribution in [-0.2, 0) is 10.2 Å². The van der Waals surface area contributed by atoms with Gasteiger partial charge in [-0.3, -0.25) is 4.79 Å². The van der Waals surface area contributed by atoms with Crippen LogP contribution in [0.4, 0.5) is 5.69 Å². The van der Waals surface area contributed by atoms with Crippen molar-refractivity contribution in [3.8, 4) is 11.8 Å². The van der Waals surface area contributed by atoms with Crippen molar-refractivity contribution in [3.63, 3.8) is 0 Å². The lowest BCUT2D eigenvalue weighted by atomic mass is 9.73. The summed E-state index contributed by atoms with van der Waals surface area (Å²) in [6.45, 7) is 0. The number of fused-ring (bicyclic) bond motifs is 1. The van der Waals surface area contributed by atoms with Crippen LogP contribution in [-0.4, -0.2) is 13.0 Å². The average Bonchev–Trinajstić information content (AvgIpc) is 2.81. The Hall–Kier alpha value is -2.80. The number of hydrogen-bond acceptors (Lipinski definition) is 3. The van der Waals surface area contributed by atoms with Gasteiger partial charge in [-0.2, -0.15) is 5.26 Å². The van der Waals surface area contributed by atoms with Crippen molar-refractivity contribution in [2.24, 2.45) is 0 Å². The maximum atomic E-state index is 12.6. The number of benzene rings is 2. The molecule has 2 aromatic carbocycles. The van der Waals surface area contributed by atoms with Crippen LogP contribution in [0.15, 0.2) is 48.5 Å². The van der Waals surface area contributed by atoms with E-state index in [9.17, 15) is 10.1 Å². The molecule has 1 unspecified atom stereocenters. The fourth-order valence-electron chi connectivity index (χ4n) is 2.87. The number of amides is 1. The molecule has 4 heteroatoms. The van der Waals surface area contributed by atoms with Crippen molar-refractivity contribution in [2.75, 3.05) is 12.4 Å². The Morgan fingerprint density at radius 3 is 2.67 bits per heavy atom. The summed E-state index contributed by atoms with van der Waals surface area (Å²) in [6.07, 6.45) is 0.0863. The fraction of sp³-hybridized carbons (Fsp3) is 0.176. The lowest BCUT2D eigenvalue weighted by Crippen LogP contribution is -2.35. The highest BCUT2D eigenvalue weighted by atomic mass is 16.5. The van der Waals surface area contributed by atoms with E-state index in [-0.39, 0.29) is 12.3 Å². The largest absolute Gasteiger partial charge is 0.497 e. The van der Waals surface area contributed by atoms with Crippen LogP contribution in [0.2, 0.25) is 0 Å². The van der Waals surface area contributed by atoms with Crippen molar-refractivity contribution >= 4 is 11.6 Å². The first-order valence-corrected chi connectivity index (χ1v) is 6.65. The Balaban J connectivity index is 2.27. The lowest BCUT2D eigenvalue weighted by Gasteiger charge is -2.25. The molecule has 3 rings (SSSR count). The van der Waals surface area contributed by atoms with Gasteiger partial charge >= 0.3 is 0 Å². The highest BCUT2D eigenvalue weighted by Crippen LogP contribution is 2.46. The van der Waals surface area contributed by atoms with Crippen LogP contribution in [0.1, 0.15) is 17.5 Å². The summed E-state index contributed by atoms with van der Waals surface area (Å²) >= 11 is 0. The second kappa shape index (κ2) is 4.95. The summed E-state index contributed by atoms with van der Waals surface area (Å²) in [4.78, 5) is 12.6. The number of hydrogen-bond donors (Lipinski definition) is 1. The first-order chi connectivity index (χ1) is 10.2. The molecule has 1 atom stereocenters. The van der Waals surface area contributed by atoms with Crippen molar-refractivity contribution in [2.45, 2.75) is 11.8 Å². The number of carbonyl (C=O) groups is 1. The van der Waals surface area contributed by atoms with Gasteiger partial charge < -0.3 is 10.1 Å². The van der Waals surface area contributed by atoms with Gasteiger partial charge in [0.15, 0.2) is 0 Å². The summed E-state index contributed by atoms with van der Waals surface area (Å²) in [5, 5.41) is 12.1. The molecule has 0 saturated heterocycles. The van der Waals surface area contributed by atoms with Crippen LogP contribution in [0.25, 0.3) is 0 Å². The number of nitrogens with zero attached hydrogens (tertiary/aromatic N) is 1. The standard InChI is InChI=1S/C17H14N2O2/c1-21-13-7-8-15-14(11-13)17(9-10-18,16(20)19-15)12-5-3-2-4-6-12/h2-8,11H,9H2,1H3,(H,19,20). The monoisotopic (exact) mass is 278 g/mol. The summed E-state index contributed by atoms with van der Waals surface area (Å²) < 4.78 is 5.26. The zero-order chi connectivity index (χ0) is 14.9. The van der Waals surface area contributed by atoms with Gasteiger partial charge in [0, 0.05) is 11.3 Å². The molecule has 0 aromatic heterocycles. The number of ether oxygens (including phenoxy) is 1. The predicted molar refractivity (Wildman–Crippen MR) is 79.1 cm³/mol. The van der Waals surface area contributed by atoms with Gasteiger partial charge in [0.2, 0.25) is 5.91 Å². The molecule has 0 bridgehead atoms. The minimum Gasteiger partial charge on any atom is -0.497 e. The van der Waals surface area contributed by atoms with Crippen LogP contribution in [0.3, 0.4) is 0 Å². The van der Waals surface area contributed by atoms with Gasteiger partial charge in [-0.25, -0.2) is 0 Å². The third kappa shape index (κ3) is 1.86. The third-order valence-corrected chi connectivity index (χ3v) is 3.93. The van der Waals surface area contributed by atoms with Gasteiger partial charge in [-0.05, 0) is 23.8 Å². The summed E-state index contributed by atoms with van der Waals surface area (Å²) in [5.41, 5.74) is 1.37. The van der Waals surface area contributed by atoms with Crippen LogP contribution in [0, 0.1) is 11.3 Å². The van der Waals surface area contributed by atoms with Gasteiger partial charge in [0.25, 0.3) is 0 Å². The smallest absolute Gasteiger partial charge is 0.240 e. The third-order valence-electron chi connectivity index (χ3n) is 3.93. The molecule has 0 fully saturated rings. The maximum absolute atomic E-state index is 12.6. The first-order valence-electron chi connectivity index (χ1n) is 6.65. The van der Waals surface area contributed by atoms with Gasteiger partial charge in [-0.1, -0.05) is 30.3 Å². The normalized spacial score (nSPS) is 19.5. The average molecular weight is 278 g/mol. The Bertz CT molecular complexity index is 734. The van der Waals surface area contributed by atoms with Crippen molar-refractivity contribution < 1.29 is 9.53 Å². The van der Waals surface area contributed by atoms with E-state index in [1.54, 1.807) is 13.2 Å². The Kier molecular flexibility index (Phi) is 3.11. The van der Waals surface area contributed by atoms with Gasteiger partial charge in [-0.15, -0.1) is 0 Å². The number of methoxy groups -OCH3 is 1. The molecule has 1 N–H and O–H groups in total. The van der Waals surface area contributed by atoms with Crippen molar-refractivity contribution in [1.29, 1.82) is 5.26 Å². The zero-order valence-electron chi connectivity index (χ0n) is 11.6. The van der Waals surface area contributed by atoms with E-state index in [1.165, 1.54) is 0 Å². The van der Waals surface area contributed by atoms with E-state index in [1.807, 2.05) is 42.5 Å². The Morgan fingerprint density at radius 1 is 1.24 bits per heavy atom. The minimum atomic E-state index is -0.972. The lowest BCUT2D eigenvalue weighted by molar-refractivity contribution is -0.119. The number of rotatable bonds is 3. The molecule has 2 aromatic rings. The van der Waals surface area contributed by atoms with Crippen LogP contribution >= 0.6 is 0 Å². The van der Waals surface area contributed by atoms with E-state index in [0.717, 1.165) is 16.8 Å². The second-order valence-electron chi connectivity index (χ2n) is 4.97. The van der Waals surface area contributed by atoms with Crippen molar-refractivity contribution in [3.05, 3.63) is 59.7 Å². The van der Waals surface area contributed by atoms with Gasteiger partial charge in [0.1, 0.15) is 11.2 Å². The fourth-order valence-corrected chi connectivity index (χ4v) is 2.87. The number of anilines is 1. The molecule has 1 heterocycles. The summed E-state index contributed by atoms with van der Waals surface area (Å²) in [5.74, 6) is 0.502. The molecule has 1 aliphatic heterocycles. The highest BCUT2D eigenvalue weighted by Gasteiger charge is 2.48. The van der Waals surface area contributed by atoms with Crippen LogP contribution < -0.4 is 10.1 Å². The summed E-state index contributed by atoms with van der Waals surface area (Å²) in [7, 11) is 1.58. The van der Waals surface area contributed by atoms with Gasteiger partial charge in [0.05, 0.1) is 19.6 Å². The van der Waals surface area contributed by atoms with E-state index in [2.05, 4.69) is 11.4 Å². The van der Waals surface area contributed by atoms with E-state index < -0.39 is 5.41 Å². The molecule has 0 saturated carbocycles. The SMILES string of the molecule is COc1ccc2c(c1)C(CC#N)(c1ccccc1)C(=O)N2. The molecule has 104 valence electrons.